The topological polar surface area (TPSA) is 126 Å². The highest BCUT2D eigenvalue weighted by atomic mass is 16.7. The average Bonchev–Trinajstić information content (AvgIpc) is 3.14. The number of aliphatic hydroxyl groups is 1. The van der Waals surface area contributed by atoms with Crippen molar-refractivity contribution < 1.29 is 24.2 Å². The molecule has 2 amide bonds. The lowest BCUT2D eigenvalue weighted by Crippen LogP contribution is -2.38. The van der Waals surface area contributed by atoms with E-state index in [4.69, 9.17) is 15.2 Å². The SMILES string of the molecule is C[C@@H](c1ccccc1)N(C)C[C@@H]1C[C@H](c2ccc(CO)cc2)O[C@H](c2cccc(NC(=O)CCCCCCC(=O)Nc3ccccc3N)c2)O1. The Morgan fingerprint density at radius 2 is 1.50 bits per heavy atom. The molecule has 1 aliphatic heterocycles. The van der Waals surface area contributed by atoms with Gasteiger partial charge in [0.2, 0.25) is 11.8 Å². The maximum atomic E-state index is 12.8. The lowest BCUT2D eigenvalue weighted by atomic mass is 9.99. The monoisotopic (exact) mass is 678 g/mol. The number of nitrogens with one attached hydrogen (secondary N) is 2. The predicted octanol–water partition coefficient (Wildman–Crippen LogP) is 7.92. The quantitative estimate of drug-likeness (QED) is 0.0701. The molecule has 1 saturated heterocycles. The molecule has 9 heteroatoms. The van der Waals surface area contributed by atoms with Crippen molar-refractivity contribution in [1.29, 1.82) is 0 Å². The molecule has 50 heavy (non-hydrogen) atoms. The fourth-order valence-corrected chi connectivity index (χ4v) is 6.23. The standard InChI is InChI=1S/C41H50N4O5/c1-29(31-13-6-5-7-14-31)45(2)27-35-26-38(32-23-21-30(28-46)22-24-32)50-41(49-35)33-15-12-16-34(25-33)43-39(47)19-8-3-4-9-20-40(48)44-37-18-11-10-17-36(37)42/h5-7,10-18,21-25,29,35,38,41,46H,3-4,8-9,19-20,26-28,42H2,1-2H3,(H,43,47)(H,44,48)/t29-,35-,38+,41+/m0/s1. The van der Waals surface area contributed by atoms with Crippen LogP contribution in [0.4, 0.5) is 17.1 Å². The molecule has 0 aromatic heterocycles. The van der Waals surface area contributed by atoms with Crippen LogP contribution in [0.2, 0.25) is 0 Å². The Kier molecular flexibility index (Phi) is 13.6. The van der Waals surface area contributed by atoms with E-state index in [0.717, 1.165) is 42.4 Å². The second-order valence-electron chi connectivity index (χ2n) is 13.1. The number of likely N-dealkylation sites (N-methyl/N-ethyl adjacent to an activating group) is 1. The minimum Gasteiger partial charge on any atom is -0.397 e. The number of carbonyl (C=O) groups is 2. The fraction of sp³-hybridized carbons (Fsp3) is 0.366. The normalized spacial score (nSPS) is 18.0. The van der Waals surface area contributed by atoms with E-state index < -0.39 is 6.29 Å². The number of ether oxygens (including phenoxy) is 2. The van der Waals surface area contributed by atoms with Crippen molar-refractivity contribution in [2.45, 2.75) is 83.0 Å². The van der Waals surface area contributed by atoms with Crippen LogP contribution in [0, 0.1) is 0 Å². The molecule has 1 heterocycles. The highest BCUT2D eigenvalue weighted by Crippen LogP contribution is 2.39. The molecule has 4 aromatic carbocycles. The summed E-state index contributed by atoms with van der Waals surface area (Å²) in [6.45, 7) is 2.90. The molecule has 0 spiro atoms. The summed E-state index contributed by atoms with van der Waals surface area (Å²) in [5.41, 5.74) is 11.7. The van der Waals surface area contributed by atoms with Gasteiger partial charge >= 0.3 is 0 Å². The molecule has 5 rings (SSSR count). The number of anilines is 3. The van der Waals surface area contributed by atoms with Crippen LogP contribution < -0.4 is 16.4 Å². The highest BCUT2D eigenvalue weighted by Gasteiger charge is 2.33. The summed E-state index contributed by atoms with van der Waals surface area (Å²) in [5, 5.41) is 15.4. The van der Waals surface area contributed by atoms with Crippen molar-refractivity contribution in [3.63, 3.8) is 0 Å². The Labute approximate surface area is 295 Å². The summed E-state index contributed by atoms with van der Waals surface area (Å²) in [6.07, 6.45) is 3.77. The number of unbranched alkanes of at least 4 members (excludes halogenated alkanes) is 3. The molecular weight excluding hydrogens is 628 g/mol. The molecule has 1 fully saturated rings. The van der Waals surface area contributed by atoms with Crippen LogP contribution >= 0.6 is 0 Å². The lowest BCUT2D eigenvalue weighted by Gasteiger charge is -2.39. The number of nitrogens with zero attached hydrogens (tertiary/aromatic N) is 1. The van der Waals surface area contributed by atoms with E-state index >= 15 is 0 Å². The first-order valence-corrected chi connectivity index (χ1v) is 17.6. The number of benzene rings is 4. The van der Waals surface area contributed by atoms with Gasteiger partial charge in [-0.1, -0.05) is 91.7 Å². The van der Waals surface area contributed by atoms with Gasteiger partial charge in [-0.05, 0) is 67.8 Å². The summed E-state index contributed by atoms with van der Waals surface area (Å²) >= 11 is 0. The van der Waals surface area contributed by atoms with Gasteiger partial charge in [0.05, 0.1) is 30.2 Å². The molecule has 264 valence electrons. The number of nitrogen functional groups attached to an aromatic ring is 1. The molecule has 4 atom stereocenters. The molecular formula is C41H50N4O5. The van der Waals surface area contributed by atoms with Gasteiger partial charge < -0.3 is 30.9 Å². The Hall–Kier alpha value is -4.54. The van der Waals surface area contributed by atoms with Crippen LogP contribution in [-0.2, 0) is 25.7 Å². The summed E-state index contributed by atoms with van der Waals surface area (Å²) < 4.78 is 13.1. The molecule has 4 aromatic rings. The van der Waals surface area contributed by atoms with Gasteiger partial charge in [-0.2, -0.15) is 0 Å². The van der Waals surface area contributed by atoms with Gasteiger partial charge in [-0.25, -0.2) is 0 Å². The minimum absolute atomic E-state index is 0.00891. The third kappa shape index (κ3) is 10.7. The average molecular weight is 679 g/mol. The van der Waals surface area contributed by atoms with Crippen molar-refractivity contribution in [3.05, 3.63) is 125 Å². The van der Waals surface area contributed by atoms with E-state index in [1.807, 2.05) is 66.7 Å². The maximum absolute atomic E-state index is 12.8. The van der Waals surface area contributed by atoms with Gasteiger partial charge in [0.25, 0.3) is 0 Å². The Balaban J connectivity index is 1.14. The molecule has 0 radical (unpaired) electrons. The van der Waals surface area contributed by atoms with E-state index in [9.17, 15) is 14.7 Å². The Morgan fingerprint density at radius 1 is 0.820 bits per heavy atom. The van der Waals surface area contributed by atoms with E-state index in [1.54, 1.807) is 12.1 Å². The summed E-state index contributed by atoms with van der Waals surface area (Å²) in [7, 11) is 2.12. The van der Waals surface area contributed by atoms with Crippen LogP contribution in [0.15, 0.2) is 103 Å². The second-order valence-corrected chi connectivity index (χ2v) is 13.1. The molecule has 1 aliphatic rings. The van der Waals surface area contributed by atoms with Gasteiger partial charge in [0.15, 0.2) is 6.29 Å². The number of para-hydroxylation sites is 2. The van der Waals surface area contributed by atoms with E-state index in [2.05, 4.69) is 53.8 Å². The Bertz CT molecular complexity index is 1670. The van der Waals surface area contributed by atoms with Gasteiger partial charge in [0.1, 0.15) is 0 Å². The minimum atomic E-state index is -0.621. The smallest absolute Gasteiger partial charge is 0.224 e. The first-order chi connectivity index (χ1) is 24.3. The molecule has 9 nitrogen and oxygen atoms in total. The molecule has 0 saturated carbocycles. The first-order valence-electron chi connectivity index (χ1n) is 17.6. The summed E-state index contributed by atoms with van der Waals surface area (Å²) in [5.74, 6) is -0.112. The van der Waals surface area contributed by atoms with Gasteiger partial charge in [-0.3, -0.25) is 14.5 Å². The zero-order valence-corrected chi connectivity index (χ0v) is 29.1. The largest absolute Gasteiger partial charge is 0.397 e. The summed E-state index contributed by atoms with van der Waals surface area (Å²) in [6, 6.07) is 33.4. The van der Waals surface area contributed by atoms with Crippen LogP contribution in [0.25, 0.3) is 0 Å². The summed E-state index contributed by atoms with van der Waals surface area (Å²) in [4.78, 5) is 27.4. The van der Waals surface area contributed by atoms with Gasteiger partial charge in [-0.15, -0.1) is 0 Å². The number of carbonyl (C=O) groups excluding carboxylic acids is 2. The van der Waals surface area contributed by atoms with Crippen LogP contribution in [0.3, 0.4) is 0 Å². The number of nitrogens with two attached hydrogens (primary N) is 1. The van der Waals surface area contributed by atoms with E-state index in [0.29, 0.717) is 42.9 Å². The second kappa shape index (κ2) is 18.5. The first kappa shape index (κ1) is 36.7. The number of amides is 2. The van der Waals surface area contributed by atoms with Crippen molar-refractivity contribution in [3.8, 4) is 0 Å². The molecule has 0 bridgehead atoms. The molecule has 0 unspecified atom stereocenters. The number of hydrogen-bond donors (Lipinski definition) is 4. The van der Waals surface area contributed by atoms with Crippen molar-refractivity contribution >= 4 is 28.9 Å². The third-order valence-electron chi connectivity index (χ3n) is 9.28. The van der Waals surface area contributed by atoms with Crippen LogP contribution in [-0.4, -0.2) is 41.5 Å². The van der Waals surface area contributed by atoms with Crippen molar-refractivity contribution in [2.75, 3.05) is 30.0 Å². The molecule has 5 N–H and O–H groups in total. The van der Waals surface area contributed by atoms with E-state index in [-0.39, 0.29) is 36.7 Å². The zero-order valence-electron chi connectivity index (χ0n) is 29.1. The Morgan fingerprint density at radius 3 is 2.20 bits per heavy atom. The van der Waals surface area contributed by atoms with Crippen LogP contribution in [0.5, 0.6) is 0 Å². The lowest BCUT2D eigenvalue weighted by molar-refractivity contribution is -0.253. The number of aliphatic hydroxyl groups excluding tert-OH is 1. The predicted molar refractivity (Wildman–Crippen MR) is 198 cm³/mol. The van der Waals surface area contributed by atoms with E-state index in [1.165, 1.54) is 5.56 Å². The number of hydrogen-bond acceptors (Lipinski definition) is 7. The third-order valence-corrected chi connectivity index (χ3v) is 9.28. The van der Waals surface area contributed by atoms with Crippen molar-refractivity contribution in [1.82, 2.24) is 4.90 Å². The van der Waals surface area contributed by atoms with Gasteiger partial charge in [0, 0.05) is 43.1 Å². The highest BCUT2D eigenvalue weighted by molar-refractivity contribution is 5.93. The molecule has 0 aliphatic carbocycles. The van der Waals surface area contributed by atoms with Crippen LogP contribution in [0.1, 0.15) is 92.6 Å². The maximum Gasteiger partial charge on any atom is 0.224 e. The fourth-order valence-electron chi connectivity index (χ4n) is 6.23. The number of rotatable bonds is 16. The zero-order chi connectivity index (χ0) is 35.3. The van der Waals surface area contributed by atoms with Crippen molar-refractivity contribution in [2.24, 2.45) is 0 Å².